The number of nitrogens with zero attached hydrogens (tertiary/aromatic N) is 1. The molecule has 4 rings (SSSR count). The van der Waals surface area contributed by atoms with Gasteiger partial charge in [0.1, 0.15) is 11.6 Å². The molecule has 8 heteroatoms. The maximum atomic E-state index is 14.7. The standard InChI is InChI=1S/C26H22FN3O4/c1-28-25(31)20-14-29-22-13-23(33-2)18(15-9-10-17(21(27)11-15)26(32)34-3)12-19(22)24(20)30-16-7-5-4-6-8-16/h4-14H,1-3H3,(H,28,31)(H,29,30). The number of hydrogen-bond acceptors (Lipinski definition) is 6. The van der Waals surface area contributed by atoms with Crippen LogP contribution < -0.4 is 15.4 Å². The van der Waals surface area contributed by atoms with E-state index in [-0.39, 0.29) is 11.5 Å². The fourth-order valence-electron chi connectivity index (χ4n) is 3.68. The SMILES string of the molecule is CNC(=O)c1cnc2cc(OC)c(-c3ccc(C(=O)OC)c(F)c3)cc2c1Nc1ccccc1. The Hall–Kier alpha value is -4.46. The summed E-state index contributed by atoms with van der Waals surface area (Å²) in [6.45, 7) is 0. The van der Waals surface area contributed by atoms with Crippen LogP contribution in [-0.2, 0) is 4.74 Å². The van der Waals surface area contributed by atoms with Crippen molar-refractivity contribution in [2.75, 3.05) is 26.6 Å². The minimum Gasteiger partial charge on any atom is -0.496 e. The average molecular weight is 459 g/mol. The van der Waals surface area contributed by atoms with Crippen LogP contribution in [0, 0.1) is 5.82 Å². The zero-order valence-electron chi connectivity index (χ0n) is 18.8. The van der Waals surface area contributed by atoms with Gasteiger partial charge in [-0.2, -0.15) is 0 Å². The first-order chi connectivity index (χ1) is 16.5. The van der Waals surface area contributed by atoms with Crippen molar-refractivity contribution in [3.05, 3.63) is 83.8 Å². The number of amides is 1. The molecule has 0 atom stereocenters. The smallest absolute Gasteiger partial charge is 0.340 e. The van der Waals surface area contributed by atoms with E-state index in [9.17, 15) is 14.0 Å². The monoisotopic (exact) mass is 459 g/mol. The van der Waals surface area contributed by atoms with E-state index >= 15 is 0 Å². The molecule has 7 nitrogen and oxygen atoms in total. The number of pyridine rings is 1. The molecule has 0 aliphatic carbocycles. The van der Waals surface area contributed by atoms with Crippen molar-refractivity contribution >= 4 is 34.2 Å². The number of hydrogen-bond donors (Lipinski definition) is 2. The van der Waals surface area contributed by atoms with Crippen molar-refractivity contribution in [2.45, 2.75) is 0 Å². The molecule has 0 bridgehead atoms. The van der Waals surface area contributed by atoms with Crippen LogP contribution in [0.5, 0.6) is 5.75 Å². The van der Waals surface area contributed by atoms with Gasteiger partial charge in [0.05, 0.1) is 36.6 Å². The molecule has 34 heavy (non-hydrogen) atoms. The van der Waals surface area contributed by atoms with E-state index in [1.165, 1.54) is 32.5 Å². The van der Waals surface area contributed by atoms with E-state index in [4.69, 9.17) is 4.74 Å². The van der Waals surface area contributed by atoms with Gasteiger partial charge in [-0.3, -0.25) is 9.78 Å². The van der Waals surface area contributed by atoms with Crippen LogP contribution in [-0.4, -0.2) is 38.1 Å². The number of fused-ring (bicyclic) bond motifs is 1. The third kappa shape index (κ3) is 4.25. The highest BCUT2D eigenvalue weighted by molar-refractivity contribution is 6.09. The number of anilines is 2. The summed E-state index contributed by atoms with van der Waals surface area (Å²) < 4.78 is 24.9. The van der Waals surface area contributed by atoms with Crippen molar-refractivity contribution in [1.29, 1.82) is 0 Å². The first-order valence-corrected chi connectivity index (χ1v) is 10.4. The lowest BCUT2D eigenvalue weighted by molar-refractivity contribution is 0.0595. The summed E-state index contributed by atoms with van der Waals surface area (Å²) in [5.41, 5.74) is 3.15. The van der Waals surface area contributed by atoms with Crippen molar-refractivity contribution in [1.82, 2.24) is 10.3 Å². The summed E-state index contributed by atoms with van der Waals surface area (Å²) in [6.07, 6.45) is 1.50. The molecule has 0 aliphatic rings. The normalized spacial score (nSPS) is 10.6. The lowest BCUT2D eigenvalue weighted by Crippen LogP contribution is -2.19. The number of carbonyl (C=O) groups excluding carboxylic acids is 2. The Morgan fingerprint density at radius 2 is 1.74 bits per heavy atom. The fraction of sp³-hybridized carbons (Fsp3) is 0.115. The molecule has 2 N–H and O–H groups in total. The number of rotatable bonds is 6. The Labute approximate surface area is 195 Å². The first kappa shape index (κ1) is 22.7. The number of carbonyl (C=O) groups is 2. The van der Waals surface area contributed by atoms with Gasteiger partial charge in [0.2, 0.25) is 0 Å². The maximum absolute atomic E-state index is 14.7. The topological polar surface area (TPSA) is 89.5 Å². The molecule has 172 valence electrons. The summed E-state index contributed by atoms with van der Waals surface area (Å²) in [6, 6.07) is 17.1. The summed E-state index contributed by atoms with van der Waals surface area (Å²) in [4.78, 5) is 28.8. The second-order valence-corrected chi connectivity index (χ2v) is 7.37. The van der Waals surface area contributed by atoms with E-state index in [1.807, 2.05) is 30.3 Å². The van der Waals surface area contributed by atoms with Crippen molar-refractivity contribution in [3.63, 3.8) is 0 Å². The summed E-state index contributed by atoms with van der Waals surface area (Å²) >= 11 is 0. The van der Waals surface area contributed by atoms with E-state index in [2.05, 4.69) is 20.4 Å². The Bertz CT molecular complexity index is 1390. The lowest BCUT2D eigenvalue weighted by atomic mass is 9.98. The third-order valence-electron chi connectivity index (χ3n) is 5.39. The number of aromatic nitrogens is 1. The minimum absolute atomic E-state index is 0.166. The molecule has 0 radical (unpaired) electrons. The van der Waals surface area contributed by atoms with Gasteiger partial charge in [-0.05, 0) is 35.9 Å². The van der Waals surface area contributed by atoms with Crippen LogP contribution in [0.3, 0.4) is 0 Å². The van der Waals surface area contributed by atoms with Gasteiger partial charge >= 0.3 is 5.97 Å². The molecule has 0 saturated carbocycles. The number of benzene rings is 3. The van der Waals surface area contributed by atoms with E-state index in [0.717, 1.165) is 5.69 Å². The van der Waals surface area contributed by atoms with E-state index in [1.54, 1.807) is 25.2 Å². The van der Waals surface area contributed by atoms with E-state index in [0.29, 0.717) is 39.0 Å². The van der Waals surface area contributed by atoms with Gasteiger partial charge in [0.25, 0.3) is 5.91 Å². The highest BCUT2D eigenvalue weighted by Crippen LogP contribution is 2.38. The largest absolute Gasteiger partial charge is 0.496 e. The van der Waals surface area contributed by atoms with Gasteiger partial charge in [-0.15, -0.1) is 0 Å². The molecule has 0 spiro atoms. The van der Waals surface area contributed by atoms with Crippen LogP contribution in [0.25, 0.3) is 22.0 Å². The zero-order chi connectivity index (χ0) is 24.2. The molecule has 1 aromatic heterocycles. The molecule has 0 fully saturated rings. The number of halogens is 1. The maximum Gasteiger partial charge on any atom is 0.340 e. The second-order valence-electron chi connectivity index (χ2n) is 7.37. The van der Waals surface area contributed by atoms with Crippen LogP contribution in [0.4, 0.5) is 15.8 Å². The molecule has 0 saturated heterocycles. The van der Waals surface area contributed by atoms with Crippen LogP contribution in [0.2, 0.25) is 0 Å². The predicted molar refractivity (Wildman–Crippen MR) is 128 cm³/mol. The highest BCUT2D eigenvalue weighted by Gasteiger charge is 2.19. The molecule has 4 aromatic rings. The summed E-state index contributed by atoms with van der Waals surface area (Å²) in [5, 5.41) is 6.58. The lowest BCUT2D eigenvalue weighted by Gasteiger charge is -2.17. The Balaban J connectivity index is 1.95. The van der Waals surface area contributed by atoms with Gasteiger partial charge < -0.3 is 20.1 Å². The number of esters is 1. The second kappa shape index (κ2) is 9.58. The number of para-hydroxylation sites is 1. The number of methoxy groups -OCH3 is 2. The van der Waals surface area contributed by atoms with Crippen molar-refractivity contribution < 1.29 is 23.5 Å². The molecule has 0 aliphatic heterocycles. The van der Waals surface area contributed by atoms with Crippen LogP contribution in [0.15, 0.2) is 66.9 Å². The minimum atomic E-state index is -0.761. The summed E-state index contributed by atoms with van der Waals surface area (Å²) in [7, 11) is 4.25. The molecule has 3 aromatic carbocycles. The Kier molecular flexibility index (Phi) is 6.40. The van der Waals surface area contributed by atoms with E-state index < -0.39 is 11.8 Å². The average Bonchev–Trinajstić information content (AvgIpc) is 2.87. The Morgan fingerprint density at radius 1 is 0.971 bits per heavy atom. The van der Waals surface area contributed by atoms with Crippen LogP contribution >= 0.6 is 0 Å². The zero-order valence-corrected chi connectivity index (χ0v) is 18.8. The quantitative estimate of drug-likeness (QED) is 0.397. The van der Waals surface area contributed by atoms with Gasteiger partial charge in [0.15, 0.2) is 0 Å². The van der Waals surface area contributed by atoms with Gasteiger partial charge in [-0.1, -0.05) is 24.3 Å². The van der Waals surface area contributed by atoms with Crippen molar-refractivity contribution in [2.24, 2.45) is 0 Å². The first-order valence-electron chi connectivity index (χ1n) is 10.4. The molecule has 1 amide bonds. The highest BCUT2D eigenvalue weighted by atomic mass is 19.1. The van der Waals surface area contributed by atoms with Gasteiger partial charge in [0, 0.05) is 35.9 Å². The van der Waals surface area contributed by atoms with Crippen LogP contribution in [0.1, 0.15) is 20.7 Å². The number of nitrogens with one attached hydrogen (secondary N) is 2. The third-order valence-corrected chi connectivity index (χ3v) is 5.39. The molecule has 0 unspecified atom stereocenters. The fourth-order valence-corrected chi connectivity index (χ4v) is 3.68. The molecular weight excluding hydrogens is 437 g/mol. The summed E-state index contributed by atoms with van der Waals surface area (Å²) in [5.74, 6) is -1.32. The predicted octanol–water partition coefficient (Wildman–Crippen LogP) is 4.94. The molecular formula is C26H22FN3O4. The number of ether oxygens (including phenoxy) is 2. The van der Waals surface area contributed by atoms with Crippen molar-refractivity contribution in [3.8, 4) is 16.9 Å². The van der Waals surface area contributed by atoms with Gasteiger partial charge in [-0.25, -0.2) is 9.18 Å². The molecule has 1 heterocycles. The Morgan fingerprint density at radius 3 is 2.38 bits per heavy atom.